The average Bonchev–Trinajstić information content (AvgIpc) is 3.18. The van der Waals surface area contributed by atoms with Gasteiger partial charge in [0.2, 0.25) is 5.91 Å². The molecule has 1 N–H and O–H groups in total. The van der Waals surface area contributed by atoms with Gasteiger partial charge < -0.3 is 24.4 Å². The third kappa shape index (κ3) is 5.19. The van der Waals surface area contributed by atoms with Crippen LogP contribution in [0.1, 0.15) is 16.8 Å². The number of benzene rings is 2. The van der Waals surface area contributed by atoms with E-state index in [1.54, 1.807) is 24.3 Å². The van der Waals surface area contributed by atoms with E-state index in [-0.39, 0.29) is 18.9 Å². The second kappa shape index (κ2) is 9.75. The van der Waals surface area contributed by atoms with Gasteiger partial charge in [-0.2, -0.15) is 0 Å². The number of carbonyl (C=O) groups is 4. The number of hydrogen-bond donors (Lipinski definition) is 1. The van der Waals surface area contributed by atoms with Crippen LogP contribution in [0, 0.1) is 5.92 Å². The van der Waals surface area contributed by atoms with Crippen molar-refractivity contribution in [3.63, 3.8) is 0 Å². The summed E-state index contributed by atoms with van der Waals surface area (Å²) >= 11 is 0. The van der Waals surface area contributed by atoms with Crippen LogP contribution >= 0.6 is 0 Å². The van der Waals surface area contributed by atoms with E-state index in [9.17, 15) is 19.2 Å². The van der Waals surface area contributed by atoms with Gasteiger partial charge in [-0.25, -0.2) is 4.79 Å². The third-order valence-electron chi connectivity index (χ3n) is 4.77. The highest BCUT2D eigenvalue weighted by Crippen LogP contribution is 2.33. The Bertz CT molecular complexity index is 988. The molecule has 1 aliphatic rings. The zero-order chi connectivity index (χ0) is 22.4. The quantitative estimate of drug-likeness (QED) is 0.674. The first-order valence-corrected chi connectivity index (χ1v) is 9.51. The molecule has 1 saturated heterocycles. The van der Waals surface area contributed by atoms with Crippen LogP contribution in [-0.4, -0.2) is 51.1 Å². The molecule has 0 aromatic heterocycles. The van der Waals surface area contributed by atoms with Gasteiger partial charge in [0.05, 0.1) is 31.4 Å². The number of nitrogens with zero attached hydrogens (tertiary/aromatic N) is 1. The van der Waals surface area contributed by atoms with Crippen molar-refractivity contribution >= 4 is 35.1 Å². The van der Waals surface area contributed by atoms with Gasteiger partial charge in [-0.3, -0.25) is 14.4 Å². The van der Waals surface area contributed by atoms with Gasteiger partial charge in [-0.15, -0.1) is 0 Å². The fourth-order valence-corrected chi connectivity index (χ4v) is 3.21. The molecule has 1 atom stereocenters. The van der Waals surface area contributed by atoms with E-state index >= 15 is 0 Å². The van der Waals surface area contributed by atoms with Gasteiger partial charge in [0.1, 0.15) is 5.75 Å². The Morgan fingerprint density at radius 3 is 2.45 bits per heavy atom. The maximum Gasteiger partial charge on any atom is 0.337 e. The monoisotopic (exact) mass is 426 g/mol. The third-order valence-corrected chi connectivity index (χ3v) is 4.77. The first-order valence-electron chi connectivity index (χ1n) is 9.51. The van der Waals surface area contributed by atoms with Crippen molar-refractivity contribution in [2.45, 2.75) is 6.42 Å². The molecule has 9 heteroatoms. The van der Waals surface area contributed by atoms with Gasteiger partial charge in [-0.1, -0.05) is 12.1 Å². The standard InChI is InChI=1S/C22H22N2O7/c1-29-18-6-4-3-5-17(18)24-12-15(11-20(24)26)22(28)31-13-19(25)23-16-9-7-14(8-10-16)21(27)30-2/h3-10,15H,11-13H2,1-2H3,(H,23,25)/t15-/m0/s1. The lowest BCUT2D eigenvalue weighted by molar-refractivity contribution is -0.151. The number of anilines is 2. The van der Waals surface area contributed by atoms with E-state index in [4.69, 9.17) is 9.47 Å². The number of rotatable bonds is 7. The summed E-state index contributed by atoms with van der Waals surface area (Å²) in [5, 5.41) is 2.57. The van der Waals surface area contributed by atoms with Crippen LogP contribution in [0.2, 0.25) is 0 Å². The first-order chi connectivity index (χ1) is 14.9. The number of para-hydroxylation sites is 2. The number of ether oxygens (including phenoxy) is 3. The Kier molecular flexibility index (Phi) is 6.86. The van der Waals surface area contributed by atoms with E-state index < -0.39 is 30.4 Å². The van der Waals surface area contributed by atoms with Crippen LogP contribution in [-0.2, 0) is 23.9 Å². The fourth-order valence-electron chi connectivity index (χ4n) is 3.21. The van der Waals surface area contributed by atoms with Crippen molar-refractivity contribution < 1.29 is 33.4 Å². The largest absolute Gasteiger partial charge is 0.495 e. The van der Waals surface area contributed by atoms with Gasteiger partial charge in [-0.05, 0) is 36.4 Å². The molecule has 0 unspecified atom stereocenters. The zero-order valence-corrected chi connectivity index (χ0v) is 17.1. The van der Waals surface area contributed by atoms with Crippen LogP contribution in [0.4, 0.5) is 11.4 Å². The van der Waals surface area contributed by atoms with Crippen molar-refractivity contribution in [1.82, 2.24) is 0 Å². The smallest absolute Gasteiger partial charge is 0.337 e. The Balaban J connectivity index is 1.52. The minimum absolute atomic E-state index is 0.00646. The maximum atomic E-state index is 12.4. The van der Waals surface area contributed by atoms with Crippen molar-refractivity contribution in [2.75, 3.05) is 37.6 Å². The molecule has 0 saturated carbocycles. The normalized spacial score (nSPS) is 15.4. The molecular formula is C22H22N2O7. The molecule has 0 aliphatic carbocycles. The molecular weight excluding hydrogens is 404 g/mol. The summed E-state index contributed by atoms with van der Waals surface area (Å²) in [6, 6.07) is 13.1. The lowest BCUT2D eigenvalue weighted by Gasteiger charge is -2.19. The molecule has 9 nitrogen and oxygen atoms in total. The molecule has 1 heterocycles. The summed E-state index contributed by atoms with van der Waals surface area (Å²) in [5.74, 6) is -2.01. The van der Waals surface area contributed by atoms with Crippen LogP contribution in [0.5, 0.6) is 5.75 Å². The van der Waals surface area contributed by atoms with Crippen LogP contribution in [0.25, 0.3) is 0 Å². The molecule has 1 fully saturated rings. The van der Waals surface area contributed by atoms with Crippen molar-refractivity contribution in [3.8, 4) is 5.75 Å². The van der Waals surface area contributed by atoms with Crippen LogP contribution in [0.3, 0.4) is 0 Å². The molecule has 2 amide bonds. The molecule has 0 radical (unpaired) electrons. The predicted octanol–water partition coefficient (Wildman–Crippen LogP) is 2.02. The summed E-state index contributed by atoms with van der Waals surface area (Å²) in [4.78, 5) is 49.7. The summed E-state index contributed by atoms with van der Waals surface area (Å²) < 4.78 is 15.0. The van der Waals surface area contributed by atoms with Crippen LogP contribution < -0.4 is 15.0 Å². The molecule has 3 rings (SSSR count). The Hall–Kier alpha value is -3.88. The molecule has 1 aliphatic heterocycles. The summed E-state index contributed by atoms with van der Waals surface area (Å²) in [5.41, 5.74) is 1.36. The van der Waals surface area contributed by atoms with E-state index in [2.05, 4.69) is 10.1 Å². The van der Waals surface area contributed by atoms with Crippen LogP contribution in [0.15, 0.2) is 48.5 Å². The number of carbonyl (C=O) groups excluding carboxylic acids is 4. The minimum atomic E-state index is -0.676. The average molecular weight is 426 g/mol. The van der Waals surface area contributed by atoms with Crippen molar-refractivity contribution in [3.05, 3.63) is 54.1 Å². The molecule has 162 valence electrons. The van der Waals surface area contributed by atoms with Crippen molar-refractivity contribution in [2.24, 2.45) is 5.92 Å². The second-order valence-electron chi connectivity index (χ2n) is 6.80. The topological polar surface area (TPSA) is 111 Å². The number of methoxy groups -OCH3 is 2. The van der Waals surface area contributed by atoms with Crippen molar-refractivity contribution in [1.29, 1.82) is 0 Å². The zero-order valence-electron chi connectivity index (χ0n) is 17.1. The lowest BCUT2D eigenvalue weighted by atomic mass is 10.1. The lowest BCUT2D eigenvalue weighted by Crippen LogP contribution is -2.28. The number of hydrogen-bond acceptors (Lipinski definition) is 7. The Morgan fingerprint density at radius 2 is 1.77 bits per heavy atom. The van der Waals surface area contributed by atoms with E-state index in [1.165, 1.54) is 43.4 Å². The summed E-state index contributed by atoms with van der Waals surface area (Å²) in [6.07, 6.45) is -0.00646. The van der Waals surface area contributed by atoms with Gasteiger partial charge in [0.25, 0.3) is 5.91 Å². The number of amides is 2. The highest BCUT2D eigenvalue weighted by atomic mass is 16.5. The van der Waals surface area contributed by atoms with E-state index in [1.807, 2.05) is 0 Å². The van der Waals surface area contributed by atoms with E-state index in [0.717, 1.165) is 0 Å². The minimum Gasteiger partial charge on any atom is -0.495 e. The molecule has 0 spiro atoms. The van der Waals surface area contributed by atoms with Gasteiger partial charge in [0, 0.05) is 18.7 Å². The molecule has 2 aromatic carbocycles. The highest BCUT2D eigenvalue weighted by molar-refractivity contribution is 6.01. The number of esters is 2. The first kappa shape index (κ1) is 21.8. The number of nitrogens with one attached hydrogen (secondary N) is 1. The summed E-state index contributed by atoms with van der Waals surface area (Å²) in [6.45, 7) is -0.342. The molecule has 0 bridgehead atoms. The highest BCUT2D eigenvalue weighted by Gasteiger charge is 2.37. The molecule has 31 heavy (non-hydrogen) atoms. The van der Waals surface area contributed by atoms with Gasteiger partial charge in [0.15, 0.2) is 6.61 Å². The van der Waals surface area contributed by atoms with Gasteiger partial charge >= 0.3 is 11.9 Å². The Morgan fingerprint density at radius 1 is 1.06 bits per heavy atom. The van der Waals surface area contributed by atoms with E-state index in [0.29, 0.717) is 22.7 Å². The maximum absolute atomic E-state index is 12.4. The summed E-state index contributed by atoms with van der Waals surface area (Å²) in [7, 11) is 2.78. The molecule has 2 aromatic rings. The second-order valence-corrected chi connectivity index (χ2v) is 6.80. The predicted molar refractivity (Wildman–Crippen MR) is 111 cm³/mol. The fraction of sp³-hybridized carbons (Fsp3) is 0.273. The SMILES string of the molecule is COC(=O)c1ccc(NC(=O)COC(=O)[C@H]2CC(=O)N(c3ccccc3OC)C2)cc1. The Labute approximate surface area is 178 Å².